The number of carbonyl (C=O) groups excluding carboxylic acids is 4. The Balaban J connectivity index is 2.08. The molecule has 0 spiro atoms. The Bertz CT molecular complexity index is 865. The molecule has 1 aromatic heterocycles. The number of alkyl carbamates (subject to hydrolysis) is 1. The molecule has 0 saturated carbocycles. The Morgan fingerprint density at radius 2 is 1.97 bits per heavy atom. The zero-order valence-electron chi connectivity index (χ0n) is 20.1. The second-order valence-electron chi connectivity index (χ2n) is 9.79. The van der Waals surface area contributed by atoms with E-state index in [4.69, 9.17) is 4.74 Å². The van der Waals surface area contributed by atoms with Gasteiger partial charge in [0.25, 0.3) is 5.91 Å². The van der Waals surface area contributed by atoms with Crippen LogP contribution in [-0.2, 0) is 32.0 Å². The van der Waals surface area contributed by atoms with Gasteiger partial charge >= 0.3 is 6.09 Å². The van der Waals surface area contributed by atoms with Crippen LogP contribution in [0.1, 0.15) is 59.0 Å². The number of ketones is 1. The van der Waals surface area contributed by atoms with Crippen LogP contribution in [0.4, 0.5) is 4.79 Å². The van der Waals surface area contributed by atoms with E-state index >= 15 is 0 Å². The number of rotatable bonds is 5. The van der Waals surface area contributed by atoms with Gasteiger partial charge in [-0.3, -0.25) is 14.4 Å². The van der Waals surface area contributed by atoms with E-state index < -0.39 is 35.8 Å². The first-order chi connectivity index (χ1) is 15.5. The molecule has 2 atom stereocenters. The molecule has 3 amide bonds. The fraction of sp³-hybridized carbons (Fsp3) is 0.652. The molecule has 10 nitrogen and oxygen atoms in total. The van der Waals surface area contributed by atoms with Crippen molar-refractivity contribution >= 4 is 23.7 Å². The quantitative estimate of drug-likeness (QED) is 0.562. The molecule has 1 aromatic rings. The molecule has 0 saturated heterocycles. The van der Waals surface area contributed by atoms with Crippen LogP contribution in [0.5, 0.6) is 0 Å². The monoisotopic (exact) mass is 461 g/mol. The lowest BCUT2D eigenvalue weighted by Crippen LogP contribution is -2.55. The second-order valence-corrected chi connectivity index (χ2v) is 9.79. The van der Waals surface area contributed by atoms with Gasteiger partial charge in [-0.15, -0.1) is 0 Å². The maximum atomic E-state index is 13.0. The third-order valence-corrected chi connectivity index (χ3v) is 5.04. The number of nitrogens with zero attached hydrogens (tertiary/aromatic N) is 2. The summed E-state index contributed by atoms with van der Waals surface area (Å²) in [6.45, 7) is 9.76. The summed E-state index contributed by atoms with van der Waals surface area (Å²) in [5.41, 5.74) is 0.575. The van der Waals surface area contributed by atoms with E-state index in [-0.39, 0.29) is 30.9 Å². The molecule has 0 fully saturated rings. The molecule has 33 heavy (non-hydrogen) atoms. The molecule has 182 valence electrons. The Morgan fingerprint density at radius 3 is 2.64 bits per heavy atom. The third kappa shape index (κ3) is 8.78. The minimum absolute atomic E-state index is 0.190. The molecule has 0 radical (unpaired) electrons. The van der Waals surface area contributed by atoms with E-state index in [2.05, 4.69) is 25.9 Å². The van der Waals surface area contributed by atoms with Crippen molar-refractivity contribution in [1.29, 1.82) is 0 Å². The summed E-state index contributed by atoms with van der Waals surface area (Å²) in [6.07, 6.45) is 2.69. The number of aromatic nitrogens is 2. The average Bonchev–Trinajstić information content (AvgIpc) is 2.73. The largest absolute Gasteiger partial charge is 0.449 e. The minimum atomic E-state index is -1.02. The molecule has 1 aliphatic heterocycles. The van der Waals surface area contributed by atoms with Crippen LogP contribution in [0.2, 0.25) is 0 Å². The van der Waals surface area contributed by atoms with Gasteiger partial charge < -0.3 is 20.7 Å². The summed E-state index contributed by atoms with van der Waals surface area (Å²) in [5, 5.41) is 7.82. The number of carbonyl (C=O) groups is 4. The fourth-order valence-electron chi connectivity index (χ4n) is 3.23. The highest BCUT2D eigenvalue weighted by Crippen LogP contribution is 2.13. The van der Waals surface area contributed by atoms with E-state index in [1.807, 2.05) is 20.8 Å². The highest BCUT2D eigenvalue weighted by molar-refractivity contribution is 6.38. The average molecular weight is 462 g/mol. The maximum absolute atomic E-state index is 13.0. The summed E-state index contributed by atoms with van der Waals surface area (Å²) >= 11 is 0. The molecule has 2 heterocycles. The van der Waals surface area contributed by atoms with Crippen molar-refractivity contribution in [1.82, 2.24) is 25.9 Å². The van der Waals surface area contributed by atoms with E-state index in [1.165, 1.54) is 0 Å². The lowest BCUT2D eigenvalue weighted by Gasteiger charge is -2.25. The Hall–Kier alpha value is -3.04. The number of Topliss-reactive ketones (excluding diaryl/α,β-unsaturated/α-hetero) is 1. The van der Waals surface area contributed by atoms with Gasteiger partial charge in [0.2, 0.25) is 11.7 Å². The van der Waals surface area contributed by atoms with Crippen LogP contribution >= 0.6 is 0 Å². The van der Waals surface area contributed by atoms with Crippen LogP contribution in [-0.4, -0.2) is 58.9 Å². The number of hydrogen-bond acceptors (Lipinski definition) is 7. The summed E-state index contributed by atoms with van der Waals surface area (Å²) < 4.78 is 5.20. The van der Waals surface area contributed by atoms with Gasteiger partial charge in [0, 0.05) is 31.3 Å². The molecule has 2 bridgehead atoms. The third-order valence-electron chi connectivity index (χ3n) is 5.04. The van der Waals surface area contributed by atoms with Gasteiger partial charge in [0.05, 0.1) is 12.6 Å². The molecular formula is C23H35N5O5. The van der Waals surface area contributed by atoms with Crippen molar-refractivity contribution < 1.29 is 23.9 Å². The van der Waals surface area contributed by atoms with Crippen molar-refractivity contribution in [3.8, 4) is 0 Å². The lowest BCUT2D eigenvalue weighted by atomic mass is 9.99. The summed E-state index contributed by atoms with van der Waals surface area (Å²) in [6, 6.07) is -0.166. The molecular weight excluding hydrogens is 426 g/mol. The van der Waals surface area contributed by atoms with Crippen LogP contribution in [0, 0.1) is 11.3 Å². The highest BCUT2D eigenvalue weighted by Gasteiger charge is 2.32. The SMILES string of the molecule is CC(C)C(NC(=O)OCC(C)(C)C)C(=O)NC1CCCc2nccc(n2)CCNC(=O)C1=O. The van der Waals surface area contributed by atoms with Crippen LogP contribution in [0.25, 0.3) is 0 Å². The molecule has 3 N–H and O–H groups in total. The number of fused-ring (bicyclic) bond motifs is 2. The van der Waals surface area contributed by atoms with Gasteiger partial charge in [0.1, 0.15) is 11.9 Å². The van der Waals surface area contributed by atoms with Gasteiger partial charge in [-0.25, -0.2) is 14.8 Å². The van der Waals surface area contributed by atoms with E-state index in [1.54, 1.807) is 26.1 Å². The molecule has 2 unspecified atom stereocenters. The van der Waals surface area contributed by atoms with Gasteiger partial charge in [-0.05, 0) is 30.2 Å². The molecule has 2 rings (SSSR count). The predicted molar refractivity (Wildman–Crippen MR) is 121 cm³/mol. The Morgan fingerprint density at radius 1 is 1.24 bits per heavy atom. The number of hydrogen-bond donors (Lipinski definition) is 3. The van der Waals surface area contributed by atoms with Crippen molar-refractivity contribution in [2.75, 3.05) is 13.2 Å². The standard InChI is InChI=1S/C23H35N5O5/c1-14(2)18(28-22(32)33-13-23(3,4)5)20(30)27-16-7-6-8-17-24-11-9-15(26-17)10-12-25-21(31)19(16)29/h9,11,14,16,18H,6-8,10,12-13H2,1-5H3,(H,25,31)(H,27,30)(H,28,32). The smallest absolute Gasteiger partial charge is 0.407 e. The molecule has 0 aromatic carbocycles. The van der Waals surface area contributed by atoms with Crippen LogP contribution in [0.15, 0.2) is 12.3 Å². The first-order valence-electron chi connectivity index (χ1n) is 11.3. The van der Waals surface area contributed by atoms with Crippen molar-refractivity contribution in [2.24, 2.45) is 11.3 Å². The summed E-state index contributed by atoms with van der Waals surface area (Å²) in [4.78, 5) is 59.0. The normalized spacial score (nSPS) is 18.4. The van der Waals surface area contributed by atoms with E-state index in [9.17, 15) is 19.2 Å². The van der Waals surface area contributed by atoms with Gasteiger partial charge in [-0.2, -0.15) is 0 Å². The predicted octanol–water partition coefficient (Wildman–Crippen LogP) is 1.32. The van der Waals surface area contributed by atoms with Crippen LogP contribution in [0.3, 0.4) is 0 Å². The van der Waals surface area contributed by atoms with Crippen molar-refractivity contribution in [2.45, 2.75) is 72.4 Å². The van der Waals surface area contributed by atoms with Crippen molar-refractivity contribution in [3.63, 3.8) is 0 Å². The van der Waals surface area contributed by atoms with Crippen LogP contribution < -0.4 is 16.0 Å². The minimum Gasteiger partial charge on any atom is -0.449 e. The van der Waals surface area contributed by atoms with Crippen molar-refractivity contribution in [3.05, 3.63) is 23.8 Å². The fourth-order valence-corrected chi connectivity index (χ4v) is 3.23. The Kier molecular flexibility index (Phi) is 9.31. The van der Waals surface area contributed by atoms with E-state index in [0.29, 0.717) is 25.1 Å². The maximum Gasteiger partial charge on any atom is 0.407 e. The lowest BCUT2D eigenvalue weighted by molar-refractivity contribution is -0.140. The molecule has 10 heteroatoms. The zero-order chi connectivity index (χ0) is 24.6. The molecule has 1 aliphatic rings. The topological polar surface area (TPSA) is 139 Å². The first-order valence-corrected chi connectivity index (χ1v) is 11.3. The summed E-state index contributed by atoms with van der Waals surface area (Å²) in [5.74, 6) is -1.63. The first kappa shape index (κ1) is 26.2. The zero-order valence-corrected chi connectivity index (χ0v) is 20.1. The van der Waals surface area contributed by atoms with E-state index in [0.717, 1.165) is 5.69 Å². The number of ether oxygens (including phenoxy) is 1. The second kappa shape index (κ2) is 11.7. The number of nitrogens with one attached hydrogen (secondary N) is 3. The Labute approximate surface area is 194 Å². The summed E-state index contributed by atoms with van der Waals surface area (Å²) in [7, 11) is 0. The van der Waals surface area contributed by atoms with Gasteiger partial charge in [0.15, 0.2) is 0 Å². The highest BCUT2D eigenvalue weighted by atomic mass is 16.5. The number of amides is 3. The van der Waals surface area contributed by atoms with Gasteiger partial charge in [-0.1, -0.05) is 34.6 Å². The molecule has 0 aliphatic carbocycles. The number of aryl methyl sites for hydroxylation is 1.